The summed E-state index contributed by atoms with van der Waals surface area (Å²) < 4.78 is 127. The van der Waals surface area contributed by atoms with Gasteiger partial charge in [-0.15, -0.1) is 0 Å². The van der Waals surface area contributed by atoms with Gasteiger partial charge in [-0.3, -0.25) is 0 Å². The van der Waals surface area contributed by atoms with Crippen molar-refractivity contribution in [3.63, 3.8) is 0 Å². The van der Waals surface area contributed by atoms with Gasteiger partial charge in [0.2, 0.25) is 0 Å². The third-order valence-corrected chi connectivity index (χ3v) is 6.50. The van der Waals surface area contributed by atoms with Gasteiger partial charge in [-0.25, -0.2) is 33.7 Å². The quantitative estimate of drug-likeness (QED) is 0.149. The maximum Gasteiger partial charge on any atom is 0.175 e. The van der Waals surface area contributed by atoms with Crippen LogP contribution in [0.2, 0.25) is 0 Å². The first-order valence-electron chi connectivity index (χ1n) is 7.02. The van der Waals surface area contributed by atoms with Crippen molar-refractivity contribution in [2.45, 2.75) is 19.6 Å². The Balaban J connectivity index is 0.000000602. The summed E-state index contributed by atoms with van der Waals surface area (Å²) in [6, 6.07) is 1.04. The molecule has 185 valence electrons. The molecule has 0 spiro atoms. The molecule has 0 aliphatic rings. The molecule has 0 saturated carbocycles. The van der Waals surface area contributed by atoms with E-state index in [-0.39, 0.29) is 36.6 Å². The summed E-state index contributed by atoms with van der Waals surface area (Å²) in [6.45, 7) is 0. The number of benzene rings is 2. The Morgan fingerprint density at radius 2 is 0.727 bits per heavy atom. The molecule has 3 radical (unpaired) electrons. The molecule has 0 aliphatic carbocycles. The Bertz CT molecular complexity index is 1380. The van der Waals surface area contributed by atoms with Crippen LogP contribution in [-0.4, -0.2) is 96.7 Å². The van der Waals surface area contributed by atoms with E-state index in [9.17, 15) is 51.9 Å². The molecular formula is C12H8O16S4Sb-4. The Morgan fingerprint density at radius 1 is 0.485 bits per heavy atom. The summed E-state index contributed by atoms with van der Waals surface area (Å²) in [5.74, 6) is -4.98. The Hall–Kier alpha value is -1.90. The molecule has 2 aromatic carbocycles. The first-order valence-corrected chi connectivity index (χ1v) is 12.7. The van der Waals surface area contributed by atoms with Gasteiger partial charge in [0.05, 0.1) is 9.79 Å². The van der Waals surface area contributed by atoms with E-state index in [0.717, 1.165) is 0 Å². The van der Waals surface area contributed by atoms with Gasteiger partial charge in [0.1, 0.15) is 50.3 Å². The topological polar surface area (TPSA) is 310 Å². The van der Waals surface area contributed by atoms with Gasteiger partial charge in [0.15, 0.2) is 23.0 Å². The molecule has 0 heterocycles. The number of aromatic hydroxyl groups is 4. The van der Waals surface area contributed by atoms with E-state index >= 15 is 0 Å². The van der Waals surface area contributed by atoms with Crippen LogP contribution in [0.15, 0.2) is 43.8 Å². The average molecular weight is 658 g/mol. The minimum atomic E-state index is -5.20. The minimum absolute atomic E-state index is 0. The molecule has 0 amide bonds. The molecule has 2 rings (SSSR count). The molecule has 0 saturated heterocycles. The van der Waals surface area contributed by atoms with Crippen LogP contribution in [0.3, 0.4) is 0 Å². The standard InChI is InChI=1S/2C6H6O8S2.Sb/c2*7-4-1-3(15(9,10)11)2-5(6(4)8)16(12,13)14;/h2*1-2,7-8H,(H,9,10,11)(H,12,13,14);/p-4. The predicted molar refractivity (Wildman–Crippen MR) is 97.2 cm³/mol. The van der Waals surface area contributed by atoms with Crippen molar-refractivity contribution in [3.05, 3.63) is 24.3 Å². The first kappa shape index (κ1) is 31.1. The third-order valence-electron chi connectivity index (χ3n) is 3.17. The molecule has 0 unspecified atom stereocenters. The molecular weight excluding hydrogens is 650 g/mol. The third kappa shape index (κ3) is 8.12. The molecule has 2 aromatic rings. The van der Waals surface area contributed by atoms with E-state index in [1.165, 1.54) is 0 Å². The maximum atomic E-state index is 10.6. The number of rotatable bonds is 4. The van der Waals surface area contributed by atoms with Gasteiger partial charge < -0.3 is 38.6 Å². The molecule has 0 aromatic heterocycles. The fourth-order valence-corrected chi connectivity index (χ4v) is 4.22. The van der Waals surface area contributed by atoms with Crippen LogP contribution in [-0.2, 0) is 40.5 Å². The summed E-state index contributed by atoms with van der Waals surface area (Å²) in [6.07, 6.45) is 0. The summed E-state index contributed by atoms with van der Waals surface area (Å²) in [7, 11) is -20.5. The Morgan fingerprint density at radius 3 is 0.909 bits per heavy atom. The number of hydrogen-bond acceptors (Lipinski definition) is 16. The van der Waals surface area contributed by atoms with Crippen LogP contribution in [0.5, 0.6) is 23.0 Å². The number of phenols is 4. The monoisotopic (exact) mass is 657 g/mol. The summed E-state index contributed by atoms with van der Waals surface area (Å²) in [4.78, 5) is -5.00. The van der Waals surface area contributed by atoms with Gasteiger partial charge in [-0.05, 0) is 12.1 Å². The second-order valence-electron chi connectivity index (χ2n) is 5.39. The first-order chi connectivity index (χ1) is 14.1. The Labute approximate surface area is 203 Å². The van der Waals surface area contributed by atoms with Crippen molar-refractivity contribution in [1.82, 2.24) is 0 Å². The van der Waals surface area contributed by atoms with Gasteiger partial charge in [-0.1, -0.05) is 0 Å². The van der Waals surface area contributed by atoms with Gasteiger partial charge >= 0.3 is 0 Å². The molecule has 4 N–H and O–H groups in total. The van der Waals surface area contributed by atoms with Crippen molar-refractivity contribution >= 4 is 64.9 Å². The van der Waals surface area contributed by atoms with E-state index in [2.05, 4.69) is 0 Å². The smallest absolute Gasteiger partial charge is 0.175 e. The number of hydrogen-bond donors (Lipinski definition) is 4. The van der Waals surface area contributed by atoms with Crippen LogP contribution >= 0.6 is 0 Å². The molecule has 0 atom stereocenters. The average Bonchev–Trinajstić information content (AvgIpc) is 2.56. The van der Waals surface area contributed by atoms with E-state index in [0.29, 0.717) is 12.1 Å². The number of phenolic OH excluding ortho intramolecular Hbond substituents is 4. The van der Waals surface area contributed by atoms with Crippen molar-refractivity contribution in [2.24, 2.45) is 0 Å². The summed E-state index contributed by atoms with van der Waals surface area (Å²) in [5, 5.41) is 35.9. The molecule has 0 aliphatic heterocycles. The van der Waals surface area contributed by atoms with Crippen molar-refractivity contribution in [2.75, 3.05) is 0 Å². The van der Waals surface area contributed by atoms with Gasteiger partial charge in [-0.2, -0.15) is 0 Å². The van der Waals surface area contributed by atoms with Crippen LogP contribution in [0.4, 0.5) is 0 Å². The van der Waals surface area contributed by atoms with E-state index in [1.807, 2.05) is 0 Å². The van der Waals surface area contributed by atoms with Crippen LogP contribution in [0, 0.1) is 0 Å². The van der Waals surface area contributed by atoms with Gasteiger partial charge in [0.25, 0.3) is 0 Å². The predicted octanol–water partition coefficient (Wildman–Crippen LogP) is -2.57. The van der Waals surface area contributed by atoms with Crippen LogP contribution < -0.4 is 0 Å². The van der Waals surface area contributed by atoms with Crippen LogP contribution in [0.25, 0.3) is 0 Å². The van der Waals surface area contributed by atoms with E-state index in [1.54, 1.807) is 0 Å². The van der Waals surface area contributed by atoms with E-state index < -0.39 is 83.1 Å². The fourth-order valence-electron chi connectivity index (χ4n) is 1.81. The van der Waals surface area contributed by atoms with Crippen molar-refractivity contribution in [3.8, 4) is 23.0 Å². The van der Waals surface area contributed by atoms with Crippen LogP contribution in [0.1, 0.15) is 0 Å². The van der Waals surface area contributed by atoms with Crippen molar-refractivity contribution in [1.29, 1.82) is 0 Å². The fraction of sp³-hybridized carbons (Fsp3) is 0. The summed E-state index contributed by atoms with van der Waals surface area (Å²) >= 11 is 0. The summed E-state index contributed by atoms with van der Waals surface area (Å²) in [5.41, 5.74) is 0. The zero-order valence-electron chi connectivity index (χ0n) is 15.1. The second kappa shape index (κ2) is 10.2. The molecule has 21 heteroatoms. The Kier molecular flexibility index (Phi) is 9.57. The minimum Gasteiger partial charge on any atom is -0.744 e. The molecule has 16 nitrogen and oxygen atoms in total. The zero-order chi connectivity index (χ0) is 25.4. The largest absolute Gasteiger partial charge is 0.744 e. The van der Waals surface area contributed by atoms with E-state index in [4.69, 9.17) is 20.4 Å². The SMILES string of the molecule is O=S(=O)([O-])c1cc(O)c(O)c(S(=O)(=O)[O-])c1.O=S(=O)([O-])c1cc(O)c(O)c(S(=O)(=O)[O-])c1.[Sb]. The second-order valence-corrected chi connectivity index (χ2v) is 10.9. The normalized spacial score (nSPS) is 12.2. The molecule has 33 heavy (non-hydrogen) atoms. The molecule has 0 fully saturated rings. The molecule has 0 bridgehead atoms. The zero-order valence-corrected chi connectivity index (χ0v) is 20.9. The maximum absolute atomic E-state index is 10.6. The van der Waals surface area contributed by atoms with Gasteiger partial charge in [0, 0.05) is 36.6 Å². The van der Waals surface area contributed by atoms with Crippen molar-refractivity contribution < 1.29 is 72.3 Å².